The van der Waals surface area contributed by atoms with Gasteiger partial charge in [0.05, 0.1) is 6.20 Å². The Morgan fingerprint density at radius 3 is 3.08 bits per heavy atom. The number of rotatable bonds is 1. The number of hydrogen-bond donors (Lipinski definition) is 1. The van der Waals surface area contributed by atoms with E-state index in [0.717, 1.165) is 24.9 Å². The van der Waals surface area contributed by atoms with E-state index >= 15 is 0 Å². The van der Waals surface area contributed by atoms with Gasteiger partial charge in [-0.25, -0.2) is 0 Å². The molecule has 1 aromatic rings. The lowest BCUT2D eigenvalue weighted by Gasteiger charge is -2.34. The minimum atomic E-state index is 0.320. The van der Waals surface area contributed by atoms with Crippen LogP contribution in [0.4, 0.5) is 0 Å². The third-order valence-electron chi connectivity index (χ3n) is 2.70. The molecule has 2 atom stereocenters. The van der Waals surface area contributed by atoms with Gasteiger partial charge in [-0.15, -0.1) is 0 Å². The predicted molar refractivity (Wildman–Crippen MR) is 49.1 cm³/mol. The van der Waals surface area contributed by atoms with E-state index in [9.17, 15) is 0 Å². The van der Waals surface area contributed by atoms with Crippen LogP contribution in [-0.2, 0) is 0 Å². The van der Waals surface area contributed by atoms with Crippen LogP contribution in [0, 0.1) is 0 Å². The summed E-state index contributed by atoms with van der Waals surface area (Å²) in [5.41, 5.74) is 7.02. The molecule has 0 radical (unpaired) electrons. The van der Waals surface area contributed by atoms with E-state index < -0.39 is 0 Å². The Balaban J connectivity index is 2.08. The van der Waals surface area contributed by atoms with Gasteiger partial charge in [-0.05, 0) is 19.9 Å². The number of hydrogen-bond acceptors (Lipinski definition) is 4. The molecule has 72 valence electrons. The van der Waals surface area contributed by atoms with E-state index in [1.54, 1.807) is 12.5 Å². The van der Waals surface area contributed by atoms with Crippen molar-refractivity contribution in [1.82, 2.24) is 10.1 Å². The molecule has 13 heavy (non-hydrogen) atoms. The Morgan fingerprint density at radius 2 is 2.46 bits per heavy atom. The van der Waals surface area contributed by atoms with E-state index in [2.05, 4.69) is 17.1 Å². The van der Waals surface area contributed by atoms with Crippen LogP contribution >= 0.6 is 0 Å². The van der Waals surface area contributed by atoms with Crippen molar-refractivity contribution >= 4 is 0 Å². The molecule has 0 amide bonds. The standard InChI is InChI=1S/C9H15N3O/c1-12-5-8(10)2-3-9(12)7-4-11-13-6-7/h4,6,8-9H,2-3,5,10H2,1H3. The summed E-state index contributed by atoms with van der Waals surface area (Å²) in [6, 6.07) is 0.757. The lowest BCUT2D eigenvalue weighted by molar-refractivity contribution is 0.169. The molecule has 0 aromatic carbocycles. The Bertz CT molecular complexity index is 260. The van der Waals surface area contributed by atoms with Gasteiger partial charge in [0, 0.05) is 24.2 Å². The fraction of sp³-hybridized carbons (Fsp3) is 0.667. The third-order valence-corrected chi connectivity index (χ3v) is 2.70. The normalized spacial score (nSPS) is 30.6. The first-order chi connectivity index (χ1) is 6.27. The second-order valence-corrected chi connectivity index (χ2v) is 3.75. The second kappa shape index (κ2) is 3.47. The highest BCUT2D eigenvalue weighted by molar-refractivity contribution is 5.09. The van der Waals surface area contributed by atoms with Gasteiger partial charge in [-0.3, -0.25) is 4.90 Å². The maximum Gasteiger partial charge on any atom is 0.128 e. The fourth-order valence-corrected chi connectivity index (χ4v) is 1.98. The summed E-state index contributed by atoms with van der Waals surface area (Å²) in [4.78, 5) is 2.26. The summed E-state index contributed by atoms with van der Waals surface area (Å²) in [7, 11) is 2.09. The Labute approximate surface area is 77.7 Å². The molecule has 0 aliphatic carbocycles. The summed E-state index contributed by atoms with van der Waals surface area (Å²) < 4.78 is 4.83. The van der Waals surface area contributed by atoms with Crippen molar-refractivity contribution in [3.8, 4) is 0 Å². The van der Waals surface area contributed by atoms with Crippen molar-refractivity contribution in [3.05, 3.63) is 18.0 Å². The monoisotopic (exact) mass is 181 g/mol. The van der Waals surface area contributed by atoms with Gasteiger partial charge in [0.1, 0.15) is 6.26 Å². The molecule has 1 aromatic heterocycles. The lowest BCUT2D eigenvalue weighted by Crippen LogP contribution is -2.42. The zero-order chi connectivity index (χ0) is 9.26. The summed E-state index contributed by atoms with van der Waals surface area (Å²) in [6.07, 6.45) is 5.69. The average molecular weight is 181 g/mol. The highest BCUT2D eigenvalue weighted by Gasteiger charge is 2.25. The Kier molecular flexibility index (Phi) is 2.33. The number of likely N-dealkylation sites (N-methyl/N-ethyl adjacent to an activating group) is 1. The van der Waals surface area contributed by atoms with Crippen LogP contribution in [0.2, 0.25) is 0 Å². The summed E-state index contributed by atoms with van der Waals surface area (Å²) in [5.74, 6) is 0. The molecule has 1 aliphatic heterocycles. The molecule has 2 unspecified atom stereocenters. The van der Waals surface area contributed by atoms with Gasteiger partial charge < -0.3 is 10.3 Å². The number of piperidine rings is 1. The van der Waals surface area contributed by atoms with Crippen LogP contribution in [0.1, 0.15) is 24.4 Å². The van der Waals surface area contributed by atoms with Gasteiger partial charge in [0.25, 0.3) is 0 Å². The maximum absolute atomic E-state index is 5.86. The summed E-state index contributed by atoms with van der Waals surface area (Å²) >= 11 is 0. The molecule has 4 heteroatoms. The number of likely N-dealkylation sites (tertiary alicyclic amines) is 1. The quantitative estimate of drug-likeness (QED) is 0.695. The highest BCUT2D eigenvalue weighted by atomic mass is 16.5. The third kappa shape index (κ3) is 1.73. The summed E-state index contributed by atoms with van der Waals surface area (Å²) in [5, 5.41) is 3.72. The minimum absolute atomic E-state index is 0.320. The smallest absolute Gasteiger partial charge is 0.128 e. The van der Waals surface area contributed by atoms with Gasteiger partial charge in [-0.2, -0.15) is 0 Å². The highest BCUT2D eigenvalue weighted by Crippen LogP contribution is 2.28. The van der Waals surface area contributed by atoms with E-state index in [1.807, 2.05) is 0 Å². The van der Waals surface area contributed by atoms with Crippen LogP contribution in [0.3, 0.4) is 0 Å². The first kappa shape index (κ1) is 8.72. The Morgan fingerprint density at radius 1 is 1.62 bits per heavy atom. The molecule has 1 aliphatic rings. The molecular formula is C9H15N3O. The predicted octanol–water partition coefficient (Wildman–Crippen LogP) is 0.769. The van der Waals surface area contributed by atoms with Crippen LogP contribution in [0.15, 0.2) is 17.0 Å². The zero-order valence-electron chi connectivity index (χ0n) is 7.81. The van der Waals surface area contributed by atoms with Gasteiger partial charge >= 0.3 is 0 Å². The molecule has 0 saturated carbocycles. The van der Waals surface area contributed by atoms with Crippen molar-refractivity contribution in [2.75, 3.05) is 13.6 Å². The molecule has 0 spiro atoms. The van der Waals surface area contributed by atoms with Crippen LogP contribution in [-0.4, -0.2) is 29.7 Å². The zero-order valence-corrected chi connectivity index (χ0v) is 7.81. The molecule has 1 saturated heterocycles. The average Bonchev–Trinajstić information content (AvgIpc) is 2.56. The molecule has 2 rings (SSSR count). The largest absolute Gasteiger partial charge is 0.364 e. The van der Waals surface area contributed by atoms with E-state index in [0.29, 0.717) is 12.1 Å². The van der Waals surface area contributed by atoms with E-state index in [4.69, 9.17) is 10.3 Å². The number of nitrogens with zero attached hydrogens (tertiary/aromatic N) is 2. The molecule has 4 nitrogen and oxygen atoms in total. The fourth-order valence-electron chi connectivity index (χ4n) is 1.98. The second-order valence-electron chi connectivity index (χ2n) is 3.75. The van der Waals surface area contributed by atoms with Crippen molar-refractivity contribution in [2.45, 2.75) is 24.9 Å². The summed E-state index contributed by atoms with van der Waals surface area (Å²) in [6.45, 7) is 0.954. The van der Waals surface area contributed by atoms with E-state index in [1.165, 1.54) is 0 Å². The SMILES string of the molecule is CN1CC(N)CCC1c1cnoc1. The van der Waals surface area contributed by atoms with Crippen molar-refractivity contribution in [1.29, 1.82) is 0 Å². The Hall–Kier alpha value is -0.870. The van der Waals surface area contributed by atoms with Crippen molar-refractivity contribution in [3.63, 3.8) is 0 Å². The van der Waals surface area contributed by atoms with Gasteiger partial charge in [0.15, 0.2) is 0 Å². The van der Waals surface area contributed by atoms with Crippen LogP contribution in [0.25, 0.3) is 0 Å². The lowest BCUT2D eigenvalue weighted by atomic mass is 9.96. The van der Waals surface area contributed by atoms with Crippen molar-refractivity contribution in [2.24, 2.45) is 5.73 Å². The topological polar surface area (TPSA) is 55.3 Å². The molecule has 2 heterocycles. The number of aromatic nitrogens is 1. The van der Waals surface area contributed by atoms with Gasteiger partial charge in [-0.1, -0.05) is 5.16 Å². The van der Waals surface area contributed by atoms with E-state index in [-0.39, 0.29) is 0 Å². The molecule has 2 N–H and O–H groups in total. The van der Waals surface area contributed by atoms with Crippen LogP contribution < -0.4 is 5.73 Å². The number of nitrogens with two attached hydrogens (primary N) is 1. The van der Waals surface area contributed by atoms with Gasteiger partial charge in [0.2, 0.25) is 0 Å². The molecular weight excluding hydrogens is 166 g/mol. The first-order valence-electron chi connectivity index (χ1n) is 4.62. The molecule has 0 bridgehead atoms. The first-order valence-corrected chi connectivity index (χ1v) is 4.62. The maximum atomic E-state index is 5.86. The minimum Gasteiger partial charge on any atom is -0.364 e. The van der Waals surface area contributed by atoms with Crippen molar-refractivity contribution < 1.29 is 4.52 Å². The molecule has 1 fully saturated rings. The van der Waals surface area contributed by atoms with Crippen LogP contribution in [0.5, 0.6) is 0 Å².